The molecule has 0 aliphatic heterocycles. The van der Waals surface area contributed by atoms with Gasteiger partial charge < -0.3 is 10.3 Å². The SMILES string of the molecule is Cc1cc(=O)cc(C)n1-c1ccc(Cl)c(N)c1. The molecule has 2 N–H and O–H groups in total. The highest BCUT2D eigenvalue weighted by atomic mass is 35.5. The van der Waals surface area contributed by atoms with E-state index in [2.05, 4.69) is 0 Å². The number of benzene rings is 1. The van der Waals surface area contributed by atoms with Gasteiger partial charge in [0.15, 0.2) is 5.43 Å². The van der Waals surface area contributed by atoms with E-state index < -0.39 is 0 Å². The molecule has 0 amide bonds. The smallest absolute Gasteiger partial charge is 0.182 e. The van der Waals surface area contributed by atoms with Crippen LogP contribution in [0.15, 0.2) is 35.1 Å². The number of hydrogen-bond acceptors (Lipinski definition) is 2. The van der Waals surface area contributed by atoms with Gasteiger partial charge in [-0.15, -0.1) is 0 Å². The molecule has 1 aromatic carbocycles. The van der Waals surface area contributed by atoms with E-state index in [0.29, 0.717) is 10.7 Å². The number of pyridine rings is 1. The van der Waals surface area contributed by atoms with Gasteiger partial charge >= 0.3 is 0 Å². The Bertz CT molecular complexity index is 606. The normalized spacial score (nSPS) is 10.5. The first-order valence-electron chi connectivity index (χ1n) is 5.25. The molecule has 0 fully saturated rings. The van der Waals surface area contributed by atoms with Crippen LogP contribution in [0.2, 0.25) is 5.02 Å². The van der Waals surface area contributed by atoms with Crippen LogP contribution < -0.4 is 11.2 Å². The van der Waals surface area contributed by atoms with Gasteiger partial charge in [0.05, 0.1) is 10.7 Å². The second kappa shape index (κ2) is 4.26. The zero-order chi connectivity index (χ0) is 12.6. The van der Waals surface area contributed by atoms with Gasteiger partial charge in [-0.1, -0.05) is 11.6 Å². The van der Waals surface area contributed by atoms with Gasteiger partial charge in [0.25, 0.3) is 0 Å². The zero-order valence-corrected chi connectivity index (χ0v) is 10.5. The standard InChI is InChI=1S/C13H13ClN2O/c1-8-5-11(17)6-9(2)16(8)10-3-4-12(14)13(15)7-10/h3-7H,15H2,1-2H3. The Labute approximate surface area is 104 Å². The van der Waals surface area contributed by atoms with E-state index in [0.717, 1.165) is 17.1 Å². The average molecular weight is 249 g/mol. The fourth-order valence-electron chi connectivity index (χ4n) is 1.94. The Morgan fingerprint density at radius 2 is 1.71 bits per heavy atom. The molecule has 1 aromatic heterocycles. The van der Waals surface area contributed by atoms with Crippen molar-refractivity contribution in [1.29, 1.82) is 0 Å². The predicted molar refractivity (Wildman–Crippen MR) is 70.9 cm³/mol. The van der Waals surface area contributed by atoms with Crippen LogP contribution >= 0.6 is 11.6 Å². The molecular weight excluding hydrogens is 236 g/mol. The molecule has 1 heterocycles. The number of anilines is 1. The van der Waals surface area contributed by atoms with E-state index in [-0.39, 0.29) is 5.43 Å². The summed E-state index contributed by atoms with van der Waals surface area (Å²) in [7, 11) is 0. The monoisotopic (exact) mass is 248 g/mol. The maximum Gasteiger partial charge on any atom is 0.182 e. The third kappa shape index (κ3) is 2.19. The van der Waals surface area contributed by atoms with Crippen molar-refractivity contribution < 1.29 is 0 Å². The molecule has 0 aliphatic carbocycles. The zero-order valence-electron chi connectivity index (χ0n) is 9.70. The maximum atomic E-state index is 11.4. The lowest BCUT2D eigenvalue weighted by atomic mass is 10.2. The first kappa shape index (κ1) is 11.7. The van der Waals surface area contributed by atoms with Gasteiger partial charge in [-0.05, 0) is 32.0 Å². The fraction of sp³-hybridized carbons (Fsp3) is 0.154. The molecule has 0 spiro atoms. The maximum absolute atomic E-state index is 11.4. The lowest BCUT2D eigenvalue weighted by Crippen LogP contribution is -2.11. The van der Waals surface area contributed by atoms with Crippen molar-refractivity contribution in [2.45, 2.75) is 13.8 Å². The molecule has 2 aromatic rings. The van der Waals surface area contributed by atoms with Gasteiger partial charge in [-0.25, -0.2) is 0 Å². The highest BCUT2D eigenvalue weighted by Crippen LogP contribution is 2.23. The topological polar surface area (TPSA) is 48.0 Å². The lowest BCUT2D eigenvalue weighted by Gasteiger charge is -2.15. The lowest BCUT2D eigenvalue weighted by molar-refractivity contribution is 0.923. The van der Waals surface area contributed by atoms with Crippen molar-refractivity contribution in [1.82, 2.24) is 4.57 Å². The minimum Gasteiger partial charge on any atom is -0.397 e. The van der Waals surface area contributed by atoms with E-state index in [4.69, 9.17) is 17.3 Å². The van der Waals surface area contributed by atoms with E-state index in [1.54, 1.807) is 24.3 Å². The third-order valence-corrected chi connectivity index (χ3v) is 2.99. The minimum atomic E-state index is 0.0122. The summed E-state index contributed by atoms with van der Waals surface area (Å²) in [5.74, 6) is 0. The Morgan fingerprint density at radius 3 is 2.24 bits per heavy atom. The van der Waals surface area contributed by atoms with E-state index >= 15 is 0 Å². The van der Waals surface area contributed by atoms with Crippen LogP contribution in [0.25, 0.3) is 5.69 Å². The Morgan fingerprint density at radius 1 is 1.12 bits per heavy atom. The van der Waals surface area contributed by atoms with E-state index in [1.807, 2.05) is 24.5 Å². The van der Waals surface area contributed by atoms with Gasteiger partial charge in [-0.2, -0.15) is 0 Å². The summed E-state index contributed by atoms with van der Waals surface area (Å²) in [5, 5.41) is 0.533. The summed E-state index contributed by atoms with van der Waals surface area (Å²) < 4.78 is 1.97. The Kier molecular flexibility index (Phi) is 2.94. The number of aryl methyl sites for hydroxylation is 2. The van der Waals surface area contributed by atoms with Gasteiger partial charge in [0.1, 0.15) is 0 Å². The predicted octanol–water partition coefficient (Wildman–Crippen LogP) is 2.69. The number of hydrogen-bond donors (Lipinski definition) is 1. The number of nitrogens with zero attached hydrogens (tertiary/aromatic N) is 1. The first-order chi connectivity index (χ1) is 7.99. The Balaban J connectivity index is 2.68. The molecule has 4 heteroatoms. The number of nitrogen functional groups attached to an aromatic ring is 1. The van der Waals surface area contributed by atoms with Crippen LogP contribution in [0.3, 0.4) is 0 Å². The molecule has 0 saturated carbocycles. The largest absolute Gasteiger partial charge is 0.397 e. The van der Waals surface area contributed by atoms with Crippen molar-refractivity contribution >= 4 is 17.3 Å². The van der Waals surface area contributed by atoms with Crippen LogP contribution in [0.1, 0.15) is 11.4 Å². The molecule has 0 unspecified atom stereocenters. The quantitative estimate of drug-likeness (QED) is 0.789. The van der Waals surface area contributed by atoms with Crippen molar-refractivity contribution in [2.75, 3.05) is 5.73 Å². The number of aromatic nitrogens is 1. The molecular formula is C13H13ClN2O. The van der Waals surface area contributed by atoms with Crippen LogP contribution in [-0.4, -0.2) is 4.57 Å². The molecule has 0 bridgehead atoms. The molecule has 2 rings (SSSR count). The van der Waals surface area contributed by atoms with Gasteiger partial charge in [0.2, 0.25) is 0 Å². The summed E-state index contributed by atoms with van der Waals surface area (Å²) in [5.41, 5.74) is 8.97. The van der Waals surface area contributed by atoms with Crippen molar-refractivity contribution in [3.8, 4) is 5.69 Å². The van der Waals surface area contributed by atoms with Crippen LogP contribution in [-0.2, 0) is 0 Å². The van der Waals surface area contributed by atoms with E-state index in [1.165, 1.54) is 0 Å². The summed E-state index contributed by atoms with van der Waals surface area (Å²) in [6, 6.07) is 8.62. The molecule has 0 atom stereocenters. The second-order valence-corrected chi connectivity index (χ2v) is 4.42. The molecule has 0 aliphatic rings. The highest BCUT2D eigenvalue weighted by molar-refractivity contribution is 6.33. The first-order valence-corrected chi connectivity index (χ1v) is 5.62. The molecule has 88 valence electrons. The summed E-state index contributed by atoms with van der Waals surface area (Å²) >= 11 is 5.89. The van der Waals surface area contributed by atoms with Crippen LogP contribution in [0.5, 0.6) is 0 Å². The molecule has 0 saturated heterocycles. The Hall–Kier alpha value is -1.74. The highest BCUT2D eigenvalue weighted by Gasteiger charge is 2.05. The summed E-state index contributed by atoms with van der Waals surface area (Å²) in [4.78, 5) is 11.4. The number of halogens is 1. The third-order valence-electron chi connectivity index (χ3n) is 2.65. The van der Waals surface area contributed by atoms with Gasteiger partial charge in [0, 0.05) is 29.2 Å². The number of nitrogens with two attached hydrogens (primary N) is 1. The summed E-state index contributed by atoms with van der Waals surface area (Å²) in [6.45, 7) is 3.78. The molecule has 0 radical (unpaired) electrons. The van der Waals surface area contributed by atoms with E-state index in [9.17, 15) is 4.79 Å². The molecule has 17 heavy (non-hydrogen) atoms. The fourth-order valence-corrected chi connectivity index (χ4v) is 2.06. The summed E-state index contributed by atoms with van der Waals surface area (Å²) in [6.07, 6.45) is 0. The number of rotatable bonds is 1. The van der Waals surface area contributed by atoms with Crippen molar-refractivity contribution in [3.63, 3.8) is 0 Å². The van der Waals surface area contributed by atoms with Crippen LogP contribution in [0, 0.1) is 13.8 Å². The molecule has 3 nitrogen and oxygen atoms in total. The van der Waals surface area contributed by atoms with Crippen LogP contribution in [0.4, 0.5) is 5.69 Å². The average Bonchev–Trinajstić information content (AvgIpc) is 2.21. The van der Waals surface area contributed by atoms with Crippen molar-refractivity contribution in [2.24, 2.45) is 0 Å². The second-order valence-electron chi connectivity index (χ2n) is 4.02. The van der Waals surface area contributed by atoms with Crippen molar-refractivity contribution in [3.05, 3.63) is 57.0 Å². The van der Waals surface area contributed by atoms with Gasteiger partial charge in [-0.3, -0.25) is 4.79 Å². The minimum absolute atomic E-state index is 0.0122.